The Bertz CT molecular complexity index is 289. The molecule has 0 aromatic heterocycles. The summed E-state index contributed by atoms with van der Waals surface area (Å²) >= 11 is 0. The van der Waals surface area contributed by atoms with Crippen LogP contribution < -0.4 is 11.1 Å². The van der Waals surface area contributed by atoms with Crippen LogP contribution in [0, 0.1) is 0 Å². The van der Waals surface area contributed by atoms with Crippen molar-refractivity contribution in [3.63, 3.8) is 0 Å². The number of hydrogen-bond donors (Lipinski definition) is 2. The van der Waals surface area contributed by atoms with Crippen LogP contribution >= 0.6 is 0 Å². The SMILES string of the molecule is C[Si](C)(C)CCOC(=O)NC[C@@H](N)CC1CCCCO1. The van der Waals surface area contributed by atoms with Gasteiger partial charge in [-0.15, -0.1) is 0 Å². The van der Waals surface area contributed by atoms with Gasteiger partial charge in [-0.05, 0) is 31.7 Å². The number of rotatable bonds is 7. The topological polar surface area (TPSA) is 73.6 Å². The first kappa shape index (κ1) is 17.5. The largest absolute Gasteiger partial charge is 0.450 e. The summed E-state index contributed by atoms with van der Waals surface area (Å²) in [5.74, 6) is 0. The lowest BCUT2D eigenvalue weighted by Gasteiger charge is -2.25. The number of carbonyl (C=O) groups is 1. The highest BCUT2D eigenvalue weighted by Gasteiger charge is 2.18. The van der Waals surface area contributed by atoms with Crippen LogP contribution in [0.25, 0.3) is 0 Å². The van der Waals surface area contributed by atoms with E-state index in [2.05, 4.69) is 25.0 Å². The maximum Gasteiger partial charge on any atom is 0.407 e. The van der Waals surface area contributed by atoms with Gasteiger partial charge >= 0.3 is 6.09 Å². The molecule has 1 saturated heterocycles. The predicted octanol–water partition coefficient (Wildman–Crippen LogP) is 2.34. The molecular formula is C14H30N2O3Si. The zero-order valence-corrected chi connectivity index (χ0v) is 14.1. The van der Waals surface area contributed by atoms with Gasteiger partial charge in [-0.2, -0.15) is 0 Å². The first-order valence-electron chi connectivity index (χ1n) is 7.64. The molecule has 0 spiro atoms. The van der Waals surface area contributed by atoms with Crippen LogP contribution in [0.5, 0.6) is 0 Å². The molecule has 1 aliphatic rings. The maximum absolute atomic E-state index is 11.5. The third-order valence-electron chi connectivity index (χ3n) is 3.43. The van der Waals surface area contributed by atoms with Gasteiger partial charge in [0.1, 0.15) is 0 Å². The zero-order valence-electron chi connectivity index (χ0n) is 13.1. The van der Waals surface area contributed by atoms with E-state index in [0.717, 1.165) is 31.9 Å². The average molecular weight is 302 g/mol. The van der Waals surface area contributed by atoms with Crippen molar-refractivity contribution in [3.05, 3.63) is 0 Å². The molecule has 1 aliphatic heterocycles. The van der Waals surface area contributed by atoms with Crippen molar-refractivity contribution in [1.82, 2.24) is 5.32 Å². The predicted molar refractivity (Wildman–Crippen MR) is 83.7 cm³/mol. The Balaban J connectivity index is 2.07. The quantitative estimate of drug-likeness (QED) is 0.708. The van der Waals surface area contributed by atoms with E-state index in [0.29, 0.717) is 13.2 Å². The van der Waals surface area contributed by atoms with Crippen LogP contribution in [0.3, 0.4) is 0 Å². The molecular weight excluding hydrogens is 272 g/mol. The highest BCUT2D eigenvalue weighted by molar-refractivity contribution is 6.76. The van der Waals surface area contributed by atoms with Gasteiger partial charge in [-0.25, -0.2) is 4.79 Å². The third-order valence-corrected chi connectivity index (χ3v) is 5.14. The molecule has 0 aromatic carbocycles. The van der Waals surface area contributed by atoms with Crippen molar-refractivity contribution in [2.24, 2.45) is 5.73 Å². The molecule has 20 heavy (non-hydrogen) atoms. The lowest BCUT2D eigenvalue weighted by atomic mass is 10.0. The standard InChI is InChI=1S/C14H30N2O3Si/c1-20(2,3)9-8-19-14(17)16-11-12(15)10-13-6-4-5-7-18-13/h12-13H,4-11,15H2,1-3H3,(H,16,17)/t12-,13?/m0/s1. The van der Waals surface area contributed by atoms with Crippen molar-refractivity contribution < 1.29 is 14.3 Å². The van der Waals surface area contributed by atoms with Crippen molar-refractivity contribution in [2.45, 2.75) is 63.5 Å². The van der Waals surface area contributed by atoms with Crippen LogP contribution in [-0.2, 0) is 9.47 Å². The molecule has 0 aromatic rings. The molecule has 0 aliphatic carbocycles. The third kappa shape index (κ3) is 8.55. The number of hydrogen-bond acceptors (Lipinski definition) is 4. The molecule has 1 unspecified atom stereocenters. The Labute approximate surface area is 123 Å². The number of nitrogens with two attached hydrogens (primary N) is 1. The van der Waals surface area contributed by atoms with E-state index < -0.39 is 8.07 Å². The molecule has 1 heterocycles. The molecule has 5 nitrogen and oxygen atoms in total. The molecule has 2 atom stereocenters. The number of ether oxygens (including phenoxy) is 2. The van der Waals surface area contributed by atoms with Gasteiger partial charge in [-0.3, -0.25) is 0 Å². The molecule has 118 valence electrons. The van der Waals surface area contributed by atoms with Crippen molar-refractivity contribution in [3.8, 4) is 0 Å². The van der Waals surface area contributed by atoms with Gasteiger partial charge in [0.15, 0.2) is 0 Å². The maximum atomic E-state index is 11.5. The molecule has 0 bridgehead atoms. The van der Waals surface area contributed by atoms with Gasteiger partial charge in [0.2, 0.25) is 0 Å². The first-order chi connectivity index (χ1) is 9.37. The smallest absolute Gasteiger partial charge is 0.407 e. The van der Waals surface area contributed by atoms with Crippen molar-refractivity contribution >= 4 is 14.2 Å². The Morgan fingerprint density at radius 2 is 2.20 bits per heavy atom. The first-order valence-corrected chi connectivity index (χ1v) is 11.4. The van der Waals surface area contributed by atoms with Gasteiger partial charge in [0, 0.05) is 27.3 Å². The Kier molecular flexibility index (Phi) is 7.54. The summed E-state index contributed by atoms with van der Waals surface area (Å²) in [7, 11) is -1.14. The fourth-order valence-corrected chi connectivity index (χ4v) is 2.84. The molecule has 1 amide bonds. The van der Waals surface area contributed by atoms with E-state index in [4.69, 9.17) is 15.2 Å². The van der Waals surface area contributed by atoms with Crippen LogP contribution in [0.4, 0.5) is 4.79 Å². The zero-order chi connectivity index (χ0) is 15.0. The summed E-state index contributed by atoms with van der Waals surface area (Å²) in [5, 5.41) is 2.73. The lowest BCUT2D eigenvalue weighted by Crippen LogP contribution is -2.40. The molecule has 1 rings (SSSR count). The summed E-state index contributed by atoms with van der Waals surface area (Å²) in [6.45, 7) is 8.56. The summed E-state index contributed by atoms with van der Waals surface area (Å²) in [5.41, 5.74) is 6.01. The number of alkyl carbamates (subject to hydrolysis) is 1. The summed E-state index contributed by atoms with van der Waals surface area (Å²) in [4.78, 5) is 11.5. The second-order valence-electron chi connectivity index (χ2n) is 6.81. The molecule has 3 N–H and O–H groups in total. The van der Waals surface area contributed by atoms with Crippen LogP contribution in [0.1, 0.15) is 25.7 Å². The van der Waals surface area contributed by atoms with E-state index in [-0.39, 0.29) is 18.2 Å². The van der Waals surface area contributed by atoms with E-state index in [9.17, 15) is 4.79 Å². The Morgan fingerprint density at radius 3 is 2.80 bits per heavy atom. The van der Waals surface area contributed by atoms with Crippen LogP contribution in [0.2, 0.25) is 25.7 Å². The monoisotopic (exact) mass is 302 g/mol. The second kappa shape index (κ2) is 8.64. The van der Waals surface area contributed by atoms with Gasteiger partial charge < -0.3 is 20.5 Å². The van der Waals surface area contributed by atoms with E-state index in [1.54, 1.807) is 0 Å². The van der Waals surface area contributed by atoms with Crippen LogP contribution in [0.15, 0.2) is 0 Å². The Hall–Kier alpha value is -0.593. The minimum absolute atomic E-state index is 0.0670. The highest BCUT2D eigenvalue weighted by atomic mass is 28.3. The van der Waals surface area contributed by atoms with E-state index in [1.165, 1.54) is 6.42 Å². The fraction of sp³-hybridized carbons (Fsp3) is 0.929. The highest BCUT2D eigenvalue weighted by Crippen LogP contribution is 2.16. The van der Waals surface area contributed by atoms with E-state index in [1.807, 2.05) is 0 Å². The molecule has 6 heteroatoms. The minimum Gasteiger partial charge on any atom is -0.450 e. The number of carbonyl (C=O) groups excluding carboxylic acids is 1. The summed E-state index contributed by atoms with van der Waals surface area (Å²) in [6, 6.07) is 0.921. The van der Waals surface area contributed by atoms with Gasteiger partial charge in [0.05, 0.1) is 12.7 Å². The lowest BCUT2D eigenvalue weighted by molar-refractivity contribution is 0.00744. The minimum atomic E-state index is -1.14. The number of nitrogens with one attached hydrogen (secondary N) is 1. The average Bonchev–Trinajstić information content (AvgIpc) is 2.36. The van der Waals surface area contributed by atoms with Crippen LogP contribution in [-0.4, -0.2) is 46.1 Å². The molecule has 0 saturated carbocycles. The summed E-state index contributed by atoms with van der Waals surface area (Å²) in [6.07, 6.45) is 4.13. The molecule has 1 fully saturated rings. The normalized spacial score (nSPS) is 21.3. The van der Waals surface area contributed by atoms with E-state index >= 15 is 0 Å². The van der Waals surface area contributed by atoms with Gasteiger partial charge in [-0.1, -0.05) is 19.6 Å². The van der Waals surface area contributed by atoms with Crippen molar-refractivity contribution in [1.29, 1.82) is 0 Å². The molecule has 0 radical (unpaired) electrons. The number of amides is 1. The van der Waals surface area contributed by atoms with Crippen molar-refractivity contribution in [2.75, 3.05) is 19.8 Å². The summed E-state index contributed by atoms with van der Waals surface area (Å²) < 4.78 is 10.8. The second-order valence-corrected chi connectivity index (χ2v) is 12.4. The van der Waals surface area contributed by atoms with Gasteiger partial charge in [0.25, 0.3) is 0 Å². The Morgan fingerprint density at radius 1 is 1.45 bits per heavy atom. The fourth-order valence-electron chi connectivity index (χ4n) is 2.13.